The van der Waals surface area contributed by atoms with Crippen molar-refractivity contribution >= 4 is 11.6 Å². The molecule has 44 heavy (non-hydrogen) atoms. The summed E-state index contributed by atoms with van der Waals surface area (Å²) in [7, 11) is 0. The number of carbonyl (C=O) groups is 1. The molecule has 0 aliphatic rings. The standard InChI is InChI=1S/C40H58N2O2/c1-7-8-9-10-11-12-13-14-15-16-17-20-28-44-39-34(23-21-24-36(39)40(4,5)6)29-38(43)41-37-25-19-18-22-35(37)31-42-27-26-32(2)33(3)30-42/h18-19,21-27,30H,7-17,20,28-29,31H2,1-6H3/p+1. The van der Waals surface area contributed by atoms with E-state index in [-0.39, 0.29) is 17.7 Å². The fourth-order valence-electron chi connectivity index (χ4n) is 5.78. The van der Waals surface area contributed by atoms with Crippen molar-refractivity contribution in [1.82, 2.24) is 0 Å². The zero-order valence-electron chi connectivity index (χ0n) is 28.6. The maximum absolute atomic E-state index is 13.4. The molecular weight excluding hydrogens is 540 g/mol. The van der Waals surface area contributed by atoms with E-state index in [0.29, 0.717) is 13.2 Å². The van der Waals surface area contributed by atoms with Crippen LogP contribution in [0.2, 0.25) is 0 Å². The highest BCUT2D eigenvalue weighted by molar-refractivity contribution is 5.93. The van der Waals surface area contributed by atoms with Crippen LogP contribution in [0.4, 0.5) is 5.69 Å². The van der Waals surface area contributed by atoms with Gasteiger partial charge in [-0.2, -0.15) is 0 Å². The number of para-hydroxylation sites is 2. The molecule has 240 valence electrons. The van der Waals surface area contributed by atoms with Crippen LogP contribution in [0.25, 0.3) is 0 Å². The van der Waals surface area contributed by atoms with Gasteiger partial charge in [-0.15, -0.1) is 0 Å². The zero-order valence-corrected chi connectivity index (χ0v) is 28.6. The molecule has 0 saturated carbocycles. The van der Waals surface area contributed by atoms with Gasteiger partial charge in [0.1, 0.15) is 5.75 Å². The minimum absolute atomic E-state index is 0.0243. The Morgan fingerprint density at radius 1 is 0.750 bits per heavy atom. The largest absolute Gasteiger partial charge is 0.493 e. The normalized spacial score (nSPS) is 11.5. The number of pyridine rings is 1. The first-order chi connectivity index (χ1) is 21.2. The molecular formula is C40H59N2O2+. The van der Waals surface area contributed by atoms with Gasteiger partial charge in [0.15, 0.2) is 18.9 Å². The van der Waals surface area contributed by atoms with Crippen LogP contribution in [-0.4, -0.2) is 12.5 Å². The molecule has 1 heterocycles. The van der Waals surface area contributed by atoms with Crippen LogP contribution in [0, 0.1) is 13.8 Å². The van der Waals surface area contributed by atoms with E-state index in [1.54, 1.807) is 0 Å². The molecule has 3 rings (SSSR count). The maximum atomic E-state index is 13.4. The number of benzene rings is 2. The van der Waals surface area contributed by atoms with Gasteiger partial charge in [-0.1, -0.05) is 135 Å². The third kappa shape index (κ3) is 12.1. The molecule has 0 radical (unpaired) electrons. The maximum Gasteiger partial charge on any atom is 0.228 e. The Bertz CT molecular complexity index is 1290. The molecule has 0 saturated heterocycles. The number of nitrogens with one attached hydrogen (secondary N) is 1. The summed E-state index contributed by atoms with van der Waals surface area (Å²) in [6, 6.07) is 16.5. The summed E-state index contributed by atoms with van der Waals surface area (Å²) in [6.07, 6.45) is 20.4. The van der Waals surface area contributed by atoms with Crippen LogP contribution in [0.15, 0.2) is 60.9 Å². The number of aryl methyl sites for hydroxylation is 2. The zero-order chi connectivity index (χ0) is 31.8. The van der Waals surface area contributed by atoms with Gasteiger partial charge in [0.25, 0.3) is 0 Å². The number of ether oxygens (including phenoxy) is 1. The van der Waals surface area contributed by atoms with Gasteiger partial charge in [-0.3, -0.25) is 4.79 Å². The molecule has 0 aliphatic heterocycles. The number of anilines is 1. The van der Waals surface area contributed by atoms with Gasteiger partial charge < -0.3 is 10.1 Å². The lowest BCUT2D eigenvalue weighted by molar-refractivity contribution is -0.688. The Hall–Kier alpha value is -3.14. The topological polar surface area (TPSA) is 42.2 Å². The van der Waals surface area contributed by atoms with Crippen molar-refractivity contribution in [2.24, 2.45) is 0 Å². The summed E-state index contributed by atoms with van der Waals surface area (Å²) in [5.74, 6) is 0.862. The van der Waals surface area contributed by atoms with E-state index in [1.165, 1.54) is 81.8 Å². The highest BCUT2D eigenvalue weighted by Crippen LogP contribution is 2.35. The fourth-order valence-corrected chi connectivity index (χ4v) is 5.78. The first-order valence-corrected chi connectivity index (χ1v) is 17.3. The summed E-state index contributed by atoms with van der Waals surface area (Å²) in [6.45, 7) is 14.6. The number of hydrogen-bond acceptors (Lipinski definition) is 2. The number of nitrogens with zero attached hydrogens (tertiary/aromatic N) is 1. The monoisotopic (exact) mass is 599 g/mol. The molecule has 2 aromatic carbocycles. The summed E-state index contributed by atoms with van der Waals surface area (Å²) in [5, 5.41) is 3.20. The van der Waals surface area contributed by atoms with Gasteiger partial charge in [-0.25, -0.2) is 4.57 Å². The number of carbonyl (C=O) groups excluding carboxylic acids is 1. The summed E-state index contributed by atoms with van der Waals surface area (Å²) in [4.78, 5) is 13.4. The summed E-state index contributed by atoms with van der Waals surface area (Å²) in [5.41, 5.74) is 6.51. The molecule has 0 aliphatic carbocycles. The Balaban J connectivity index is 1.54. The number of aromatic nitrogens is 1. The van der Waals surface area contributed by atoms with E-state index in [9.17, 15) is 4.79 Å². The molecule has 1 amide bonds. The van der Waals surface area contributed by atoms with E-state index in [0.717, 1.165) is 34.5 Å². The number of rotatable bonds is 19. The number of amides is 1. The van der Waals surface area contributed by atoms with Crippen molar-refractivity contribution in [3.8, 4) is 5.75 Å². The van der Waals surface area contributed by atoms with Crippen LogP contribution in [0.1, 0.15) is 133 Å². The highest BCUT2D eigenvalue weighted by atomic mass is 16.5. The SMILES string of the molecule is CCCCCCCCCCCCCCOc1c(CC(=O)Nc2ccccc2C[n+]2ccc(C)c(C)c2)cccc1C(C)(C)C. The Kier molecular flexibility index (Phi) is 15.0. The fraction of sp³-hybridized carbons (Fsp3) is 0.550. The van der Waals surface area contributed by atoms with Gasteiger partial charge in [0.2, 0.25) is 5.91 Å². The van der Waals surface area contributed by atoms with Crippen LogP contribution >= 0.6 is 0 Å². The van der Waals surface area contributed by atoms with Gasteiger partial charge in [-0.05, 0) is 42.9 Å². The Morgan fingerprint density at radius 2 is 1.36 bits per heavy atom. The van der Waals surface area contributed by atoms with Crippen molar-refractivity contribution in [3.63, 3.8) is 0 Å². The Labute approximate surface area is 268 Å². The number of unbranched alkanes of at least 4 members (excludes halogenated alkanes) is 11. The lowest BCUT2D eigenvalue weighted by Gasteiger charge is -2.25. The second kappa shape index (κ2) is 18.6. The van der Waals surface area contributed by atoms with Gasteiger partial charge in [0, 0.05) is 22.8 Å². The van der Waals surface area contributed by atoms with E-state index in [1.807, 2.05) is 24.3 Å². The first-order valence-electron chi connectivity index (χ1n) is 17.3. The average Bonchev–Trinajstić information content (AvgIpc) is 2.98. The molecule has 1 aromatic heterocycles. The average molecular weight is 600 g/mol. The second-order valence-electron chi connectivity index (χ2n) is 13.6. The highest BCUT2D eigenvalue weighted by Gasteiger charge is 2.23. The minimum atomic E-state index is -0.0750. The molecule has 0 atom stereocenters. The minimum Gasteiger partial charge on any atom is -0.493 e. The van der Waals surface area contributed by atoms with Crippen LogP contribution in [0.3, 0.4) is 0 Å². The third-order valence-electron chi connectivity index (χ3n) is 8.64. The van der Waals surface area contributed by atoms with E-state index >= 15 is 0 Å². The van der Waals surface area contributed by atoms with E-state index in [2.05, 4.69) is 88.1 Å². The van der Waals surface area contributed by atoms with Gasteiger partial charge >= 0.3 is 0 Å². The molecule has 0 bridgehead atoms. The third-order valence-corrected chi connectivity index (χ3v) is 8.64. The molecule has 0 spiro atoms. The lowest BCUT2D eigenvalue weighted by atomic mass is 9.84. The quantitative estimate of drug-likeness (QED) is 0.110. The van der Waals surface area contributed by atoms with Crippen LogP contribution in [-0.2, 0) is 23.2 Å². The predicted molar refractivity (Wildman–Crippen MR) is 186 cm³/mol. The van der Waals surface area contributed by atoms with Crippen LogP contribution in [0.5, 0.6) is 5.75 Å². The van der Waals surface area contributed by atoms with Crippen molar-refractivity contribution < 1.29 is 14.1 Å². The molecule has 1 N–H and O–H groups in total. The smallest absolute Gasteiger partial charge is 0.228 e. The van der Waals surface area contributed by atoms with Crippen molar-refractivity contribution in [2.75, 3.05) is 11.9 Å². The Morgan fingerprint density at radius 3 is 2.00 bits per heavy atom. The molecule has 0 unspecified atom stereocenters. The summed E-state index contributed by atoms with van der Waals surface area (Å²) >= 11 is 0. The summed E-state index contributed by atoms with van der Waals surface area (Å²) < 4.78 is 8.65. The van der Waals surface area contributed by atoms with Gasteiger partial charge in [0.05, 0.1) is 18.7 Å². The van der Waals surface area contributed by atoms with Crippen LogP contribution < -0.4 is 14.6 Å². The molecule has 0 fully saturated rings. The molecule has 4 nitrogen and oxygen atoms in total. The van der Waals surface area contributed by atoms with E-state index < -0.39 is 0 Å². The first kappa shape index (κ1) is 35.3. The lowest BCUT2D eigenvalue weighted by Crippen LogP contribution is -2.34. The second-order valence-corrected chi connectivity index (χ2v) is 13.6. The number of hydrogen-bond donors (Lipinski definition) is 1. The van der Waals surface area contributed by atoms with Crippen molar-refractivity contribution in [3.05, 3.63) is 88.7 Å². The predicted octanol–water partition coefficient (Wildman–Crippen LogP) is 10.2. The molecule has 3 aromatic rings. The van der Waals surface area contributed by atoms with Crippen molar-refractivity contribution in [2.45, 2.75) is 137 Å². The molecule has 4 heteroatoms. The van der Waals surface area contributed by atoms with Crippen molar-refractivity contribution in [1.29, 1.82) is 0 Å². The van der Waals surface area contributed by atoms with E-state index in [4.69, 9.17) is 4.74 Å².